The first-order chi connectivity index (χ1) is 18.3. The number of hydrogen-bond acceptors (Lipinski definition) is 6. The molecule has 1 atom stereocenters. The molecule has 0 aliphatic carbocycles. The number of fused-ring (bicyclic) bond motifs is 2. The first kappa shape index (κ1) is 25.7. The molecule has 1 unspecified atom stereocenters. The van der Waals surface area contributed by atoms with Crippen LogP contribution in [0.2, 0.25) is 0 Å². The first-order valence-electron chi connectivity index (χ1n) is 13.3. The fraction of sp³-hybridized carbons (Fsp3) is 0.400. The highest BCUT2D eigenvalue weighted by atomic mass is 16.5. The molecule has 1 aromatic carbocycles. The Hall–Kier alpha value is -3.94. The van der Waals surface area contributed by atoms with Crippen LogP contribution in [0.4, 0.5) is 10.5 Å². The molecule has 2 aliphatic heterocycles. The van der Waals surface area contributed by atoms with Crippen molar-refractivity contribution in [2.45, 2.75) is 58.8 Å². The SMILES string of the molecule is CC(C)CN1CCC2(C(=O)N(Cc3ccccn3)C(=O)N2Cc2cccnc2)c2ccc(OC(C)C)cc21. The van der Waals surface area contributed by atoms with E-state index in [1.807, 2.05) is 62.4 Å². The van der Waals surface area contributed by atoms with Gasteiger partial charge < -0.3 is 14.5 Å². The summed E-state index contributed by atoms with van der Waals surface area (Å²) in [7, 11) is 0. The summed E-state index contributed by atoms with van der Waals surface area (Å²) in [5, 5.41) is 0. The number of hydrogen-bond donors (Lipinski definition) is 0. The third-order valence-electron chi connectivity index (χ3n) is 7.09. The zero-order chi connectivity index (χ0) is 26.9. The normalized spacial score (nSPS) is 19.2. The van der Waals surface area contributed by atoms with Gasteiger partial charge in [-0.2, -0.15) is 0 Å². The highest BCUT2D eigenvalue weighted by Crippen LogP contribution is 2.49. The Labute approximate surface area is 224 Å². The van der Waals surface area contributed by atoms with Gasteiger partial charge in [0.05, 0.1) is 24.9 Å². The van der Waals surface area contributed by atoms with Crippen LogP contribution < -0.4 is 9.64 Å². The zero-order valence-corrected chi connectivity index (χ0v) is 22.5. The van der Waals surface area contributed by atoms with Crippen molar-refractivity contribution in [2.75, 3.05) is 18.0 Å². The van der Waals surface area contributed by atoms with Gasteiger partial charge in [0.1, 0.15) is 5.75 Å². The minimum absolute atomic E-state index is 0.0229. The Kier molecular flexibility index (Phi) is 7.06. The van der Waals surface area contributed by atoms with Crippen molar-refractivity contribution in [3.63, 3.8) is 0 Å². The van der Waals surface area contributed by atoms with Gasteiger partial charge in [-0.1, -0.05) is 32.0 Å². The van der Waals surface area contributed by atoms with Crippen LogP contribution in [0.3, 0.4) is 0 Å². The van der Waals surface area contributed by atoms with Gasteiger partial charge in [-0.05, 0) is 49.6 Å². The van der Waals surface area contributed by atoms with Crippen LogP contribution in [0.1, 0.15) is 50.9 Å². The molecule has 1 saturated heterocycles. The second-order valence-corrected chi connectivity index (χ2v) is 10.7. The fourth-order valence-electron chi connectivity index (χ4n) is 5.56. The predicted octanol–water partition coefficient (Wildman–Crippen LogP) is 4.99. The second kappa shape index (κ2) is 10.4. The largest absolute Gasteiger partial charge is 0.491 e. The maximum Gasteiger partial charge on any atom is 0.328 e. The third-order valence-corrected chi connectivity index (χ3v) is 7.09. The lowest BCUT2D eigenvalue weighted by Gasteiger charge is -2.45. The molecule has 198 valence electrons. The van der Waals surface area contributed by atoms with Crippen molar-refractivity contribution < 1.29 is 14.3 Å². The number of carbonyl (C=O) groups is 2. The molecule has 8 heteroatoms. The summed E-state index contributed by atoms with van der Waals surface area (Å²) in [6.07, 6.45) is 5.66. The number of nitrogens with zero attached hydrogens (tertiary/aromatic N) is 5. The molecule has 2 aliphatic rings. The number of urea groups is 1. The molecule has 0 radical (unpaired) electrons. The Bertz CT molecular complexity index is 1300. The van der Waals surface area contributed by atoms with Crippen LogP contribution in [-0.4, -0.2) is 50.9 Å². The van der Waals surface area contributed by atoms with Crippen LogP contribution in [0.25, 0.3) is 0 Å². The van der Waals surface area contributed by atoms with Crippen LogP contribution in [0, 0.1) is 5.92 Å². The zero-order valence-electron chi connectivity index (χ0n) is 22.5. The minimum Gasteiger partial charge on any atom is -0.491 e. The lowest BCUT2D eigenvalue weighted by atomic mass is 9.80. The number of pyridine rings is 2. The molecule has 8 nitrogen and oxygen atoms in total. The summed E-state index contributed by atoms with van der Waals surface area (Å²) in [4.78, 5) is 42.5. The molecule has 0 bridgehead atoms. The molecule has 1 fully saturated rings. The molecule has 38 heavy (non-hydrogen) atoms. The fourth-order valence-corrected chi connectivity index (χ4v) is 5.56. The average Bonchev–Trinajstić information content (AvgIpc) is 3.08. The Morgan fingerprint density at radius 3 is 2.53 bits per heavy atom. The molecular weight excluding hydrogens is 478 g/mol. The molecule has 0 N–H and O–H groups in total. The van der Waals surface area contributed by atoms with E-state index in [-0.39, 0.29) is 31.1 Å². The summed E-state index contributed by atoms with van der Waals surface area (Å²) in [6.45, 7) is 10.3. The van der Waals surface area contributed by atoms with Crippen LogP contribution >= 0.6 is 0 Å². The van der Waals surface area contributed by atoms with Crippen molar-refractivity contribution in [3.05, 3.63) is 83.9 Å². The summed E-state index contributed by atoms with van der Waals surface area (Å²) in [5.41, 5.74) is 2.21. The van der Waals surface area contributed by atoms with E-state index >= 15 is 0 Å². The molecule has 5 rings (SSSR count). The van der Waals surface area contributed by atoms with Crippen LogP contribution in [0.5, 0.6) is 5.75 Å². The van der Waals surface area contributed by atoms with E-state index < -0.39 is 5.54 Å². The quantitative estimate of drug-likeness (QED) is 0.395. The van der Waals surface area contributed by atoms with E-state index in [2.05, 4.69) is 28.7 Å². The van der Waals surface area contributed by atoms with Gasteiger partial charge in [-0.3, -0.25) is 19.7 Å². The standard InChI is InChI=1S/C30H35N5O3/c1-21(2)18-33-15-12-30(26-11-10-25(16-27(26)33)38-22(3)4)28(36)34(20-24-9-5-6-14-32-24)29(37)35(30)19-23-8-7-13-31-17-23/h5-11,13-14,16-17,21-22H,12,15,18-20H2,1-4H3. The highest BCUT2D eigenvalue weighted by Gasteiger charge is 2.60. The number of imide groups is 1. The van der Waals surface area contributed by atoms with Gasteiger partial charge in [0.25, 0.3) is 5.91 Å². The maximum atomic E-state index is 14.4. The molecule has 0 saturated carbocycles. The van der Waals surface area contributed by atoms with Gasteiger partial charge >= 0.3 is 6.03 Å². The van der Waals surface area contributed by atoms with Crippen LogP contribution in [-0.2, 0) is 23.4 Å². The number of rotatable bonds is 8. The summed E-state index contributed by atoms with van der Waals surface area (Å²) in [5.74, 6) is 0.977. The first-order valence-corrected chi connectivity index (χ1v) is 13.3. The molecule has 2 aromatic heterocycles. The number of amides is 3. The summed E-state index contributed by atoms with van der Waals surface area (Å²) in [6, 6.07) is 14.9. The number of aromatic nitrogens is 2. The lowest BCUT2D eigenvalue weighted by molar-refractivity contribution is -0.134. The summed E-state index contributed by atoms with van der Waals surface area (Å²) >= 11 is 0. The monoisotopic (exact) mass is 513 g/mol. The van der Waals surface area contributed by atoms with Crippen molar-refractivity contribution in [2.24, 2.45) is 5.92 Å². The average molecular weight is 514 g/mol. The molecule has 1 spiro atoms. The minimum atomic E-state index is -1.12. The maximum absolute atomic E-state index is 14.4. The van der Waals surface area contributed by atoms with Crippen molar-refractivity contribution in [3.8, 4) is 5.75 Å². The van der Waals surface area contributed by atoms with Crippen LogP contribution in [0.15, 0.2) is 67.1 Å². The Morgan fingerprint density at radius 1 is 1.00 bits per heavy atom. The number of carbonyl (C=O) groups excluding carboxylic acids is 2. The van der Waals surface area contributed by atoms with Crippen molar-refractivity contribution in [1.29, 1.82) is 0 Å². The van der Waals surface area contributed by atoms with E-state index in [0.717, 1.165) is 29.1 Å². The Morgan fingerprint density at radius 2 is 1.84 bits per heavy atom. The van der Waals surface area contributed by atoms with Gasteiger partial charge in [-0.25, -0.2) is 4.79 Å². The Balaban J connectivity index is 1.63. The van der Waals surface area contributed by atoms with Gasteiger partial charge in [0, 0.05) is 55.4 Å². The van der Waals surface area contributed by atoms with E-state index in [0.29, 0.717) is 24.6 Å². The van der Waals surface area contributed by atoms with E-state index in [1.54, 1.807) is 23.5 Å². The summed E-state index contributed by atoms with van der Waals surface area (Å²) < 4.78 is 6.04. The molecule has 3 aromatic rings. The third kappa shape index (κ3) is 4.71. The highest BCUT2D eigenvalue weighted by molar-refractivity contribution is 6.08. The molecule has 4 heterocycles. The molecule has 3 amide bonds. The number of benzene rings is 1. The van der Waals surface area contributed by atoms with E-state index in [4.69, 9.17) is 4.74 Å². The van der Waals surface area contributed by atoms with Crippen molar-refractivity contribution >= 4 is 17.6 Å². The van der Waals surface area contributed by atoms with Crippen molar-refractivity contribution in [1.82, 2.24) is 19.8 Å². The van der Waals surface area contributed by atoms with E-state index in [1.165, 1.54) is 4.90 Å². The second-order valence-electron chi connectivity index (χ2n) is 10.7. The number of anilines is 1. The number of ether oxygens (including phenoxy) is 1. The predicted molar refractivity (Wildman–Crippen MR) is 146 cm³/mol. The molecular formula is C30H35N5O3. The van der Waals surface area contributed by atoms with E-state index in [9.17, 15) is 9.59 Å². The smallest absolute Gasteiger partial charge is 0.328 e. The van der Waals surface area contributed by atoms with Gasteiger partial charge in [0.15, 0.2) is 5.54 Å². The topological polar surface area (TPSA) is 78.9 Å². The lowest BCUT2D eigenvalue weighted by Crippen LogP contribution is -2.53. The van der Waals surface area contributed by atoms with Gasteiger partial charge in [-0.15, -0.1) is 0 Å². The van der Waals surface area contributed by atoms with Gasteiger partial charge in [0.2, 0.25) is 0 Å².